The Morgan fingerprint density at radius 3 is 1.81 bits per heavy atom. The third-order valence-corrected chi connectivity index (χ3v) is 5.67. The molecule has 164 valence electrons. The maximum absolute atomic E-state index is 12.6. The zero-order chi connectivity index (χ0) is 23.0. The molecule has 0 saturated heterocycles. The fourth-order valence-corrected chi connectivity index (χ4v) is 3.42. The van der Waals surface area contributed by atoms with E-state index in [2.05, 4.69) is 15.3 Å². The van der Waals surface area contributed by atoms with Crippen molar-refractivity contribution in [1.29, 1.82) is 0 Å². The largest absolute Gasteiger partial charge is 0.477 e. The molecular formula is C16H12BaN4O9S2. The number of hydrogen-bond acceptors (Lipinski definition) is 9. The van der Waals surface area contributed by atoms with Crippen LogP contribution in [0.25, 0.3) is 0 Å². The first-order chi connectivity index (χ1) is 14.4. The average Bonchev–Trinajstić information content (AvgIpc) is 3.02. The number of benzene rings is 2. The molecule has 2 radical (unpaired) electrons. The summed E-state index contributed by atoms with van der Waals surface area (Å²) < 4.78 is 62.3. The Balaban J connectivity index is 0.00000363. The number of aliphatic carboxylic acids is 1. The average molecular weight is 606 g/mol. The molecule has 1 aliphatic heterocycles. The predicted molar refractivity (Wildman–Crippen MR) is 109 cm³/mol. The van der Waals surface area contributed by atoms with Crippen LogP contribution in [0.4, 0.5) is 11.4 Å². The van der Waals surface area contributed by atoms with E-state index < -0.39 is 53.7 Å². The summed E-state index contributed by atoms with van der Waals surface area (Å²) in [5.74, 6) is -2.44. The quantitative estimate of drug-likeness (QED) is 0.241. The van der Waals surface area contributed by atoms with E-state index in [1.165, 1.54) is 12.1 Å². The number of hydrogen-bond donors (Lipinski definition) is 3. The van der Waals surface area contributed by atoms with Gasteiger partial charge in [0.1, 0.15) is 0 Å². The first-order valence-corrected chi connectivity index (χ1v) is 11.0. The summed E-state index contributed by atoms with van der Waals surface area (Å²) in [5, 5.41) is 21.1. The third-order valence-electron chi connectivity index (χ3n) is 3.93. The van der Waals surface area contributed by atoms with Crippen LogP contribution in [-0.4, -0.2) is 104 Å². The molecule has 0 bridgehead atoms. The monoisotopic (exact) mass is 606 g/mol. The molecule has 3 N–H and O–H groups in total. The van der Waals surface area contributed by atoms with Gasteiger partial charge in [-0.1, -0.05) is 0 Å². The third kappa shape index (κ3) is 5.88. The first-order valence-electron chi connectivity index (χ1n) is 8.09. The molecular weight excluding hydrogens is 594 g/mol. The fourth-order valence-electron chi connectivity index (χ4n) is 2.46. The van der Waals surface area contributed by atoms with Crippen molar-refractivity contribution in [2.45, 2.75) is 15.8 Å². The van der Waals surface area contributed by atoms with Gasteiger partial charge in [0, 0.05) is 48.9 Å². The molecule has 0 saturated carbocycles. The Bertz CT molecular complexity index is 1320. The van der Waals surface area contributed by atoms with Gasteiger partial charge in [0.25, 0.3) is 26.1 Å². The summed E-state index contributed by atoms with van der Waals surface area (Å²) in [6.07, 6.45) is 0. The summed E-state index contributed by atoms with van der Waals surface area (Å²) in [5.41, 5.74) is -0.561. The summed E-state index contributed by atoms with van der Waals surface area (Å²) in [7, 11) is -8.88. The maximum atomic E-state index is 12.6. The number of hydrazone groups is 1. The van der Waals surface area contributed by atoms with E-state index in [0.717, 1.165) is 36.4 Å². The van der Waals surface area contributed by atoms with Crippen molar-refractivity contribution in [2.75, 3.05) is 5.01 Å². The van der Waals surface area contributed by atoms with Gasteiger partial charge in [0.2, 0.25) is 6.04 Å². The number of anilines is 1. The second kappa shape index (κ2) is 9.89. The molecule has 1 aliphatic rings. The number of amides is 1. The Hall–Kier alpha value is -1.96. The smallest absolute Gasteiger partial charge is 0.355 e. The molecule has 1 atom stereocenters. The molecule has 13 nitrogen and oxygen atoms in total. The molecule has 3 rings (SSSR count). The van der Waals surface area contributed by atoms with Crippen molar-refractivity contribution in [2.24, 2.45) is 15.3 Å². The van der Waals surface area contributed by atoms with Gasteiger partial charge in [-0.3, -0.25) is 13.9 Å². The van der Waals surface area contributed by atoms with E-state index in [1.807, 2.05) is 0 Å². The summed E-state index contributed by atoms with van der Waals surface area (Å²) >= 11 is 0. The van der Waals surface area contributed by atoms with Crippen molar-refractivity contribution >= 4 is 98.1 Å². The number of carboxylic acid groups (broad SMARTS) is 1. The molecule has 0 aliphatic carbocycles. The topological polar surface area (TPSA) is 203 Å². The van der Waals surface area contributed by atoms with Crippen molar-refractivity contribution in [3.8, 4) is 0 Å². The van der Waals surface area contributed by atoms with Crippen LogP contribution in [0.1, 0.15) is 0 Å². The summed E-state index contributed by atoms with van der Waals surface area (Å²) in [4.78, 5) is 23.3. The van der Waals surface area contributed by atoms with Gasteiger partial charge in [0.15, 0.2) is 5.71 Å². The van der Waals surface area contributed by atoms with Gasteiger partial charge in [-0.25, -0.2) is 4.79 Å². The molecule has 16 heteroatoms. The Morgan fingerprint density at radius 1 is 0.906 bits per heavy atom. The van der Waals surface area contributed by atoms with Gasteiger partial charge in [0.05, 0.1) is 21.2 Å². The van der Waals surface area contributed by atoms with Crippen molar-refractivity contribution in [3.05, 3.63) is 48.5 Å². The number of rotatable bonds is 6. The normalized spacial score (nSPS) is 16.7. The van der Waals surface area contributed by atoms with Crippen LogP contribution in [0.5, 0.6) is 0 Å². The molecule has 0 aromatic heterocycles. The van der Waals surface area contributed by atoms with Gasteiger partial charge < -0.3 is 5.11 Å². The summed E-state index contributed by atoms with van der Waals surface area (Å²) in [6, 6.07) is 7.07. The molecule has 1 heterocycles. The molecule has 32 heavy (non-hydrogen) atoms. The zero-order valence-electron chi connectivity index (χ0n) is 15.8. The van der Waals surface area contributed by atoms with E-state index in [9.17, 15) is 31.5 Å². The minimum atomic E-state index is -4.46. The van der Waals surface area contributed by atoms with Gasteiger partial charge in [-0.05, 0) is 48.5 Å². The van der Waals surface area contributed by atoms with E-state index in [-0.39, 0.29) is 60.3 Å². The van der Waals surface area contributed by atoms with E-state index in [0.29, 0.717) is 5.01 Å². The number of carbonyl (C=O) groups excluding carboxylic acids is 1. The van der Waals surface area contributed by atoms with Gasteiger partial charge in [-0.15, -0.1) is 0 Å². The van der Waals surface area contributed by atoms with E-state index in [4.69, 9.17) is 9.11 Å². The zero-order valence-corrected chi connectivity index (χ0v) is 21.9. The number of azo groups is 1. The summed E-state index contributed by atoms with van der Waals surface area (Å²) in [6.45, 7) is 0. The van der Waals surface area contributed by atoms with Crippen LogP contribution in [-0.2, 0) is 29.8 Å². The Morgan fingerprint density at radius 2 is 1.38 bits per heavy atom. The van der Waals surface area contributed by atoms with E-state index >= 15 is 0 Å². The molecule has 1 unspecified atom stereocenters. The van der Waals surface area contributed by atoms with Crippen LogP contribution in [0, 0.1) is 0 Å². The maximum Gasteiger partial charge on any atom is 0.355 e. The molecule has 0 spiro atoms. The Kier molecular flexibility index (Phi) is 8.13. The number of carboxylic acids is 1. The first kappa shape index (κ1) is 26.3. The predicted octanol–water partition coefficient (Wildman–Crippen LogP) is 0.739. The van der Waals surface area contributed by atoms with Crippen LogP contribution in [0.2, 0.25) is 0 Å². The van der Waals surface area contributed by atoms with Crippen molar-refractivity contribution in [1.82, 2.24) is 0 Å². The SMILES string of the molecule is O=C(O)C1=NN(c2ccc(S(=O)(=O)O)cc2)C(=O)C1N=Nc1ccc(S(=O)(=O)O)cc1.[Ba]. The molecule has 1 amide bonds. The van der Waals surface area contributed by atoms with Gasteiger partial charge in [-0.2, -0.15) is 37.2 Å². The Labute approximate surface area is 221 Å². The minimum Gasteiger partial charge on any atom is -0.477 e. The molecule has 2 aromatic rings. The standard InChI is InChI=1S/C16H12N4O9S2.Ba/c21-15-13(18-17-9-1-5-11(6-2-9)30(24,25)26)14(16(22)23)19-20(15)10-3-7-12(8-4-10)31(27,28)29;/h1-8,13H,(H,22,23)(H,24,25,26)(H,27,28,29);. The van der Waals surface area contributed by atoms with Crippen LogP contribution in [0.3, 0.4) is 0 Å². The fraction of sp³-hybridized carbons (Fsp3) is 0.0625. The van der Waals surface area contributed by atoms with Gasteiger partial charge >= 0.3 is 5.97 Å². The molecule has 0 fully saturated rings. The second-order valence-corrected chi connectivity index (χ2v) is 8.84. The minimum absolute atomic E-state index is 0. The van der Waals surface area contributed by atoms with Crippen molar-refractivity contribution in [3.63, 3.8) is 0 Å². The molecule has 2 aromatic carbocycles. The van der Waals surface area contributed by atoms with Crippen molar-refractivity contribution < 1.29 is 40.6 Å². The number of nitrogens with zero attached hydrogens (tertiary/aromatic N) is 4. The second-order valence-electron chi connectivity index (χ2n) is 6.00. The number of carbonyl (C=O) groups is 2. The van der Waals surface area contributed by atoms with E-state index in [1.54, 1.807) is 0 Å². The van der Waals surface area contributed by atoms with Crippen LogP contribution >= 0.6 is 0 Å². The van der Waals surface area contributed by atoms with Crippen LogP contribution in [0.15, 0.2) is 73.7 Å². The van der Waals surface area contributed by atoms with Crippen LogP contribution < -0.4 is 5.01 Å².